The van der Waals surface area contributed by atoms with E-state index in [0.717, 1.165) is 5.82 Å². The molecule has 2 heterocycles. The molecule has 2 rings (SSSR count). The predicted molar refractivity (Wildman–Crippen MR) is 77.8 cm³/mol. The molecule has 0 fully saturated rings. The normalized spacial score (nSPS) is 12.1. The minimum atomic E-state index is -0.168. The standard InChI is InChI=1S/C14H19N5O2/c1-10(9-20-3)21-14-12(16)6-11(7-15)19(14)8-13-17-4-5-18(13)2/h4-6,10H,8-9,16H2,1-3H3/t10-/m1/s1. The number of nitrogen functional groups attached to an aromatic ring is 1. The first-order valence-corrected chi connectivity index (χ1v) is 6.57. The monoisotopic (exact) mass is 289 g/mol. The minimum Gasteiger partial charge on any atom is -0.472 e. The van der Waals surface area contributed by atoms with E-state index in [1.165, 1.54) is 0 Å². The molecule has 0 aliphatic heterocycles. The van der Waals surface area contributed by atoms with Gasteiger partial charge in [0.05, 0.1) is 18.8 Å². The number of anilines is 1. The summed E-state index contributed by atoms with van der Waals surface area (Å²) in [6.45, 7) is 2.74. The van der Waals surface area contributed by atoms with Crippen molar-refractivity contribution in [1.82, 2.24) is 14.1 Å². The van der Waals surface area contributed by atoms with Crippen LogP contribution < -0.4 is 10.5 Å². The Morgan fingerprint density at radius 3 is 2.86 bits per heavy atom. The molecular formula is C14H19N5O2. The smallest absolute Gasteiger partial charge is 0.219 e. The topological polar surface area (TPSA) is 91.0 Å². The Kier molecular flexibility index (Phi) is 4.50. The number of nitrogens with zero attached hydrogens (tertiary/aromatic N) is 4. The number of nitrogens with two attached hydrogens (primary N) is 1. The van der Waals surface area contributed by atoms with Crippen molar-refractivity contribution >= 4 is 5.69 Å². The van der Waals surface area contributed by atoms with Gasteiger partial charge in [0, 0.05) is 32.6 Å². The summed E-state index contributed by atoms with van der Waals surface area (Å²) in [6.07, 6.45) is 3.39. The van der Waals surface area contributed by atoms with Crippen LogP contribution in [-0.2, 0) is 18.3 Å². The van der Waals surface area contributed by atoms with Crippen LogP contribution >= 0.6 is 0 Å². The lowest BCUT2D eigenvalue weighted by atomic mass is 10.4. The average molecular weight is 289 g/mol. The molecule has 0 spiro atoms. The maximum absolute atomic E-state index is 9.26. The van der Waals surface area contributed by atoms with E-state index in [1.807, 2.05) is 24.7 Å². The van der Waals surface area contributed by atoms with Crippen molar-refractivity contribution in [1.29, 1.82) is 5.26 Å². The number of ether oxygens (including phenoxy) is 2. The lowest BCUT2D eigenvalue weighted by molar-refractivity contribution is 0.0868. The number of aryl methyl sites for hydroxylation is 1. The van der Waals surface area contributed by atoms with Crippen LogP contribution in [0, 0.1) is 11.3 Å². The summed E-state index contributed by atoms with van der Waals surface area (Å²) < 4.78 is 14.5. The number of rotatable bonds is 6. The van der Waals surface area contributed by atoms with E-state index in [1.54, 1.807) is 23.9 Å². The molecular weight excluding hydrogens is 270 g/mol. The highest BCUT2D eigenvalue weighted by Crippen LogP contribution is 2.28. The highest BCUT2D eigenvalue weighted by Gasteiger charge is 2.18. The molecule has 2 aromatic heterocycles. The molecule has 0 aromatic carbocycles. The average Bonchev–Trinajstić information content (AvgIpc) is 2.97. The van der Waals surface area contributed by atoms with Crippen LogP contribution in [0.5, 0.6) is 5.88 Å². The van der Waals surface area contributed by atoms with Crippen molar-refractivity contribution in [2.75, 3.05) is 19.5 Å². The van der Waals surface area contributed by atoms with E-state index >= 15 is 0 Å². The second-order valence-corrected chi connectivity index (χ2v) is 4.83. The Morgan fingerprint density at radius 1 is 1.52 bits per heavy atom. The molecule has 0 saturated carbocycles. The number of nitriles is 1. The van der Waals surface area contributed by atoms with Gasteiger partial charge < -0.3 is 19.8 Å². The molecule has 21 heavy (non-hydrogen) atoms. The van der Waals surface area contributed by atoms with Crippen LogP contribution in [0.15, 0.2) is 18.5 Å². The van der Waals surface area contributed by atoms with E-state index in [4.69, 9.17) is 15.2 Å². The van der Waals surface area contributed by atoms with Crippen molar-refractivity contribution in [3.05, 3.63) is 30.0 Å². The zero-order chi connectivity index (χ0) is 15.4. The van der Waals surface area contributed by atoms with E-state index in [-0.39, 0.29) is 6.10 Å². The lowest BCUT2D eigenvalue weighted by Crippen LogP contribution is -2.21. The highest BCUT2D eigenvalue weighted by molar-refractivity contribution is 5.55. The number of methoxy groups -OCH3 is 1. The second-order valence-electron chi connectivity index (χ2n) is 4.83. The van der Waals surface area contributed by atoms with Gasteiger partial charge in [-0.25, -0.2) is 4.98 Å². The quantitative estimate of drug-likeness (QED) is 0.861. The molecule has 0 amide bonds. The van der Waals surface area contributed by atoms with Gasteiger partial charge in [0.2, 0.25) is 5.88 Å². The van der Waals surface area contributed by atoms with Gasteiger partial charge in [-0.1, -0.05) is 0 Å². The third-order valence-electron chi connectivity index (χ3n) is 3.12. The molecule has 0 radical (unpaired) electrons. The van der Waals surface area contributed by atoms with Gasteiger partial charge in [-0.15, -0.1) is 0 Å². The molecule has 0 saturated heterocycles. The van der Waals surface area contributed by atoms with E-state index in [9.17, 15) is 5.26 Å². The van der Waals surface area contributed by atoms with Crippen LogP contribution in [0.2, 0.25) is 0 Å². The van der Waals surface area contributed by atoms with Gasteiger partial charge >= 0.3 is 0 Å². The Morgan fingerprint density at radius 2 is 2.29 bits per heavy atom. The third kappa shape index (κ3) is 3.17. The van der Waals surface area contributed by atoms with Crippen LogP contribution in [0.4, 0.5) is 5.69 Å². The van der Waals surface area contributed by atoms with Crippen molar-refractivity contribution in [3.63, 3.8) is 0 Å². The third-order valence-corrected chi connectivity index (χ3v) is 3.12. The Bertz CT molecular complexity index is 653. The van der Waals surface area contributed by atoms with Crippen LogP contribution in [0.3, 0.4) is 0 Å². The maximum Gasteiger partial charge on any atom is 0.219 e. The summed E-state index contributed by atoms with van der Waals surface area (Å²) in [6, 6.07) is 3.74. The van der Waals surface area contributed by atoms with Gasteiger partial charge in [-0.2, -0.15) is 5.26 Å². The Labute approximate surface area is 123 Å². The molecule has 0 aliphatic carbocycles. The summed E-state index contributed by atoms with van der Waals surface area (Å²) in [4.78, 5) is 4.26. The lowest BCUT2D eigenvalue weighted by Gasteiger charge is -2.17. The molecule has 0 unspecified atom stereocenters. The molecule has 7 heteroatoms. The summed E-state index contributed by atoms with van der Waals surface area (Å²) in [5.74, 6) is 1.28. The first-order chi connectivity index (χ1) is 10.1. The predicted octanol–water partition coefficient (Wildman–Crippen LogP) is 1.14. The maximum atomic E-state index is 9.26. The van der Waals surface area contributed by atoms with E-state index in [0.29, 0.717) is 30.4 Å². The molecule has 1 atom stereocenters. The Hall–Kier alpha value is -2.46. The summed E-state index contributed by atoms with van der Waals surface area (Å²) >= 11 is 0. The molecule has 0 aliphatic rings. The van der Waals surface area contributed by atoms with Crippen molar-refractivity contribution in [3.8, 4) is 11.9 Å². The first-order valence-electron chi connectivity index (χ1n) is 6.57. The van der Waals surface area contributed by atoms with Crippen molar-refractivity contribution in [2.24, 2.45) is 7.05 Å². The Balaban J connectivity index is 2.34. The number of hydrogen-bond donors (Lipinski definition) is 1. The largest absolute Gasteiger partial charge is 0.472 e. The minimum absolute atomic E-state index is 0.168. The number of imidazole rings is 1. The molecule has 2 N–H and O–H groups in total. The van der Waals surface area contributed by atoms with E-state index < -0.39 is 0 Å². The SMILES string of the molecule is COC[C@@H](C)Oc1c(N)cc(C#N)n1Cc1nccn1C. The highest BCUT2D eigenvalue weighted by atomic mass is 16.5. The zero-order valence-electron chi connectivity index (χ0n) is 12.4. The molecule has 112 valence electrons. The van der Waals surface area contributed by atoms with Crippen molar-refractivity contribution < 1.29 is 9.47 Å². The van der Waals surface area contributed by atoms with Crippen molar-refractivity contribution in [2.45, 2.75) is 19.6 Å². The zero-order valence-corrected chi connectivity index (χ0v) is 12.4. The molecule has 0 bridgehead atoms. The molecule has 7 nitrogen and oxygen atoms in total. The van der Waals surface area contributed by atoms with Crippen LogP contribution in [-0.4, -0.2) is 33.9 Å². The summed E-state index contributed by atoms with van der Waals surface area (Å²) in [5.41, 5.74) is 6.84. The fourth-order valence-electron chi connectivity index (χ4n) is 2.08. The fourth-order valence-corrected chi connectivity index (χ4v) is 2.08. The van der Waals surface area contributed by atoms with Gasteiger partial charge in [0.25, 0.3) is 0 Å². The second kappa shape index (κ2) is 6.33. The number of hydrogen-bond acceptors (Lipinski definition) is 5. The van der Waals surface area contributed by atoms with Crippen LogP contribution in [0.25, 0.3) is 0 Å². The van der Waals surface area contributed by atoms with Gasteiger partial charge in [-0.3, -0.25) is 4.57 Å². The van der Waals surface area contributed by atoms with Gasteiger partial charge in [0.15, 0.2) is 0 Å². The van der Waals surface area contributed by atoms with Gasteiger partial charge in [0.1, 0.15) is 23.7 Å². The summed E-state index contributed by atoms with van der Waals surface area (Å²) in [5, 5.41) is 9.26. The first kappa shape index (κ1) is 14.9. The van der Waals surface area contributed by atoms with E-state index in [2.05, 4.69) is 11.1 Å². The van der Waals surface area contributed by atoms with Gasteiger partial charge in [-0.05, 0) is 6.92 Å². The number of aromatic nitrogens is 3. The molecule has 2 aromatic rings. The fraction of sp³-hybridized carbons (Fsp3) is 0.429. The van der Waals surface area contributed by atoms with Crippen LogP contribution in [0.1, 0.15) is 18.4 Å². The summed E-state index contributed by atoms with van der Waals surface area (Å²) in [7, 11) is 3.51.